The number of anilines is 1. The highest BCUT2D eigenvalue weighted by Crippen LogP contribution is 2.16. The molecule has 2 N–H and O–H groups in total. The molecule has 0 bridgehead atoms. The molecule has 2 amide bonds. The number of nitrogens with zero attached hydrogens (tertiary/aromatic N) is 2. The lowest BCUT2D eigenvalue weighted by molar-refractivity contribution is -0.130. The first-order valence-corrected chi connectivity index (χ1v) is 5.25. The molecule has 2 heterocycles. The van der Waals surface area contributed by atoms with Crippen molar-refractivity contribution in [1.29, 1.82) is 0 Å². The van der Waals surface area contributed by atoms with E-state index in [1.807, 2.05) is 0 Å². The zero-order valence-corrected chi connectivity index (χ0v) is 9.64. The Morgan fingerprint density at radius 2 is 1.94 bits per heavy atom. The number of amides is 2. The minimum Gasteiger partial charge on any atom is -0.478 e. The molecule has 1 aromatic heterocycles. The molecule has 0 aliphatic carbocycles. The predicted molar refractivity (Wildman–Crippen MR) is 61.3 cm³/mol. The number of pyridine rings is 1. The van der Waals surface area contributed by atoms with Gasteiger partial charge in [-0.1, -0.05) is 0 Å². The van der Waals surface area contributed by atoms with E-state index >= 15 is 0 Å². The first kappa shape index (κ1) is 12.0. The third-order valence-corrected chi connectivity index (χ3v) is 2.46. The summed E-state index contributed by atoms with van der Waals surface area (Å²) in [5, 5.41) is 11.1. The van der Waals surface area contributed by atoms with Crippen LogP contribution >= 0.6 is 0 Å². The summed E-state index contributed by atoms with van der Waals surface area (Å²) >= 11 is 0. The third-order valence-electron chi connectivity index (χ3n) is 2.46. The lowest BCUT2D eigenvalue weighted by Crippen LogP contribution is -2.51. The maximum absolute atomic E-state index is 11.2. The standard InChI is InChI=1S/C11H11N3O4/c1-6-2-7(11(17)18)3-8(12-6)14-4-9(15)13-10(16)5-14/h2-3H,4-5H2,1H3,(H,17,18)(H,13,15,16). The van der Waals surface area contributed by atoms with E-state index in [0.717, 1.165) is 0 Å². The Morgan fingerprint density at radius 1 is 1.33 bits per heavy atom. The van der Waals surface area contributed by atoms with Crippen LogP contribution < -0.4 is 10.2 Å². The number of carbonyl (C=O) groups excluding carboxylic acids is 2. The van der Waals surface area contributed by atoms with E-state index in [1.165, 1.54) is 17.0 Å². The number of carboxylic acids is 1. The molecule has 0 spiro atoms. The maximum atomic E-state index is 11.2. The first-order chi connectivity index (χ1) is 8.45. The Morgan fingerprint density at radius 3 is 2.50 bits per heavy atom. The number of carbonyl (C=O) groups is 3. The largest absolute Gasteiger partial charge is 0.478 e. The van der Waals surface area contributed by atoms with E-state index in [9.17, 15) is 14.4 Å². The summed E-state index contributed by atoms with van der Waals surface area (Å²) in [5.41, 5.74) is 0.597. The Kier molecular flexibility index (Phi) is 2.97. The van der Waals surface area contributed by atoms with E-state index < -0.39 is 17.8 Å². The van der Waals surface area contributed by atoms with Crippen molar-refractivity contribution in [3.8, 4) is 0 Å². The molecule has 0 saturated carbocycles. The summed E-state index contributed by atoms with van der Waals surface area (Å²) in [6, 6.07) is 2.78. The topological polar surface area (TPSA) is 99.6 Å². The molecule has 18 heavy (non-hydrogen) atoms. The fourth-order valence-corrected chi connectivity index (χ4v) is 1.74. The van der Waals surface area contributed by atoms with Crippen LogP contribution in [-0.2, 0) is 9.59 Å². The van der Waals surface area contributed by atoms with Gasteiger partial charge in [0.15, 0.2) is 0 Å². The Labute approximate surface area is 102 Å². The number of piperazine rings is 1. The number of imide groups is 1. The fourth-order valence-electron chi connectivity index (χ4n) is 1.74. The predicted octanol–water partition coefficient (Wildman–Crippen LogP) is -0.449. The van der Waals surface area contributed by atoms with Crippen LogP contribution in [-0.4, -0.2) is 41.0 Å². The van der Waals surface area contributed by atoms with Crippen LogP contribution in [0, 0.1) is 6.92 Å². The van der Waals surface area contributed by atoms with Gasteiger partial charge < -0.3 is 10.0 Å². The number of hydrogen-bond donors (Lipinski definition) is 2. The van der Waals surface area contributed by atoms with Crippen molar-refractivity contribution < 1.29 is 19.5 Å². The summed E-state index contributed by atoms with van der Waals surface area (Å²) in [7, 11) is 0. The molecule has 0 aromatic carbocycles. The van der Waals surface area contributed by atoms with Crippen LogP contribution in [0.5, 0.6) is 0 Å². The lowest BCUT2D eigenvalue weighted by atomic mass is 10.2. The summed E-state index contributed by atoms with van der Waals surface area (Å²) in [6.45, 7) is 1.63. The van der Waals surface area contributed by atoms with Gasteiger partial charge in [0.2, 0.25) is 11.8 Å². The van der Waals surface area contributed by atoms with Crippen LogP contribution in [0.4, 0.5) is 5.82 Å². The number of rotatable bonds is 2. The van der Waals surface area contributed by atoms with E-state index in [0.29, 0.717) is 11.5 Å². The highest BCUT2D eigenvalue weighted by atomic mass is 16.4. The zero-order chi connectivity index (χ0) is 13.3. The van der Waals surface area contributed by atoms with Crippen molar-refractivity contribution in [1.82, 2.24) is 10.3 Å². The van der Waals surface area contributed by atoms with Gasteiger partial charge in [-0.15, -0.1) is 0 Å². The maximum Gasteiger partial charge on any atom is 0.335 e. The number of hydrogen-bond acceptors (Lipinski definition) is 5. The summed E-state index contributed by atoms with van der Waals surface area (Å²) in [5.74, 6) is -1.61. The molecule has 0 unspecified atom stereocenters. The second-order valence-electron chi connectivity index (χ2n) is 3.99. The number of nitrogens with one attached hydrogen (secondary N) is 1. The van der Waals surface area contributed by atoms with Crippen LogP contribution in [0.25, 0.3) is 0 Å². The minimum atomic E-state index is -1.07. The van der Waals surface area contributed by atoms with Gasteiger partial charge in [-0.2, -0.15) is 0 Å². The van der Waals surface area contributed by atoms with E-state index in [4.69, 9.17) is 5.11 Å². The Bertz CT molecular complexity index is 525. The molecule has 0 atom stereocenters. The molecular weight excluding hydrogens is 238 g/mol. The van der Waals surface area contributed by atoms with Gasteiger partial charge in [-0.3, -0.25) is 14.9 Å². The minimum absolute atomic E-state index is 0.0126. The van der Waals surface area contributed by atoms with Crippen LogP contribution in [0.2, 0.25) is 0 Å². The lowest BCUT2D eigenvalue weighted by Gasteiger charge is -2.26. The average Bonchev–Trinajstić information content (AvgIpc) is 2.26. The second-order valence-corrected chi connectivity index (χ2v) is 3.99. The molecule has 1 aliphatic heterocycles. The molecule has 7 heteroatoms. The van der Waals surface area contributed by atoms with Crippen molar-refractivity contribution in [3.63, 3.8) is 0 Å². The van der Waals surface area contributed by atoms with Gasteiger partial charge in [-0.25, -0.2) is 9.78 Å². The number of aryl methyl sites for hydroxylation is 1. The molecule has 2 rings (SSSR count). The highest BCUT2D eigenvalue weighted by molar-refractivity contribution is 6.02. The molecule has 0 radical (unpaired) electrons. The monoisotopic (exact) mass is 249 g/mol. The van der Waals surface area contributed by atoms with Gasteiger partial charge in [0.25, 0.3) is 0 Å². The number of carboxylic acid groups (broad SMARTS) is 1. The molecule has 1 saturated heterocycles. The molecule has 1 aliphatic rings. The van der Waals surface area contributed by atoms with Gasteiger partial charge >= 0.3 is 5.97 Å². The van der Waals surface area contributed by atoms with Gasteiger partial charge in [-0.05, 0) is 19.1 Å². The van der Waals surface area contributed by atoms with E-state index in [1.54, 1.807) is 6.92 Å². The molecular formula is C11H11N3O4. The highest BCUT2D eigenvalue weighted by Gasteiger charge is 2.24. The van der Waals surface area contributed by atoms with Crippen LogP contribution in [0.15, 0.2) is 12.1 Å². The first-order valence-electron chi connectivity index (χ1n) is 5.25. The van der Waals surface area contributed by atoms with Crippen molar-refractivity contribution in [2.45, 2.75) is 6.92 Å². The third kappa shape index (κ3) is 2.45. The normalized spacial score (nSPS) is 15.5. The Balaban J connectivity index is 2.35. The second kappa shape index (κ2) is 4.44. The van der Waals surface area contributed by atoms with E-state index in [2.05, 4.69) is 10.3 Å². The average molecular weight is 249 g/mol. The molecule has 1 aromatic rings. The quantitative estimate of drug-likeness (QED) is 0.689. The van der Waals surface area contributed by atoms with Crippen molar-refractivity contribution >= 4 is 23.6 Å². The molecule has 7 nitrogen and oxygen atoms in total. The summed E-state index contributed by atoms with van der Waals surface area (Å²) < 4.78 is 0. The van der Waals surface area contributed by atoms with E-state index in [-0.39, 0.29) is 18.7 Å². The number of aromatic carboxylic acids is 1. The SMILES string of the molecule is Cc1cc(C(=O)O)cc(N2CC(=O)NC(=O)C2)n1. The fraction of sp³-hybridized carbons (Fsp3) is 0.273. The van der Waals surface area contributed by atoms with Gasteiger partial charge in [0.1, 0.15) is 5.82 Å². The Hall–Kier alpha value is -2.44. The summed E-state index contributed by atoms with van der Waals surface area (Å²) in [6.07, 6.45) is 0. The van der Waals surface area contributed by atoms with Crippen molar-refractivity contribution in [2.24, 2.45) is 0 Å². The van der Waals surface area contributed by atoms with Gasteiger partial charge in [0.05, 0.1) is 18.7 Å². The summed E-state index contributed by atoms with van der Waals surface area (Å²) in [4.78, 5) is 39.0. The smallest absolute Gasteiger partial charge is 0.335 e. The number of aromatic nitrogens is 1. The van der Waals surface area contributed by atoms with Crippen LogP contribution in [0.1, 0.15) is 16.1 Å². The molecule has 94 valence electrons. The zero-order valence-electron chi connectivity index (χ0n) is 9.64. The van der Waals surface area contributed by atoms with Gasteiger partial charge in [0, 0.05) is 5.69 Å². The molecule has 1 fully saturated rings. The van der Waals surface area contributed by atoms with Crippen LogP contribution in [0.3, 0.4) is 0 Å². The van der Waals surface area contributed by atoms with Crippen molar-refractivity contribution in [3.05, 3.63) is 23.4 Å². The van der Waals surface area contributed by atoms with Crippen molar-refractivity contribution in [2.75, 3.05) is 18.0 Å².